The molecule has 10 aromatic rings. The average Bonchev–Trinajstić information content (AvgIpc) is 3.96. The van der Waals surface area contributed by atoms with Crippen LogP contribution in [0.2, 0.25) is 0 Å². The molecule has 11 rings (SSSR count). The third-order valence-electron chi connectivity index (χ3n) is 10.5. The molecule has 3 aromatic heterocycles. The summed E-state index contributed by atoms with van der Waals surface area (Å²) in [5, 5.41) is 6.13. The van der Waals surface area contributed by atoms with E-state index in [4.69, 9.17) is 8.83 Å². The molecule has 58 heavy (non-hydrogen) atoms. The Kier molecular flexibility index (Phi) is 12.4. The summed E-state index contributed by atoms with van der Waals surface area (Å²) >= 11 is 0. The molecule has 0 aliphatic heterocycles. The van der Waals surface area contributed by atoms with E-state index in [0.29, 0.717) is 0 Å². The number of hydrogen-bond donors (Lipinski definition) is 0. The molecule has 290 valence electrons. The van der Waals surface area contributed by atoms with Crippen molar-refractivity contribution in [2.24, 2.45) is 0 Å². The zero-order valence-electron chi connectivity index (χ0n) is 34.8. The van der Waals surface area contributed by atoms with E-state index in [2.05, 4.69) is 171 Å². The van der Waals surface area contributed by atoms with Crippen molar-refractivity contribution in [1.82, 2.24) is 4.57 Å². The summed E-state index contributed by atoms with van der Waals surface area (Å²) in [6.45, 7) is 14.3. The second-order valence-electron chi connectivity index (χ2n) is 14.2. The quantitative estimate of drug-likeness (QED) is 0.176. The minimum Gasteiger partial charge on any atom is -0.460 e. The van der Waals surface area contributed by atoms with Crippen LogP contribution in [-0.2, 0) is 6.42 Å². The number of benzene rings is 7. The molecule has 0 atom stereocenters. The van der Waals surface area contributed by atoms with Crippen LogP contribution in [0, 0.1) is 20.8 Å². The van der Waals surface area contributed by atoms with Crippen molar-refractivity contribution in [1.29, 1.82) is 0 Å². The van der Waals surface area contributed by atoms with Gasteiger partial charge in [0, 0.05) is 44.6 Å². The molecule has 3 heteroatoms. The van der Waals surface area contributed by atoms with Gasteiger partial charge in [0.1, 0.15) is 22.5 Å². The minimum absolute atomic E-state index is 0.969. The van der Waals surface area contributed by atoms with Crippen LogP contribution in [0.4, 0.5) is 0 Å². The van der Waals surface area contributed by atoms with Crippen LogP contribution in [0.3, 0.4) is 0 Å². The van der Waals surface area contributed by atoms with Gasteiger partial charge in [-0.3, -0.25) is 0 Å². The first-order chi connectivity index (χ1) is 28.5. The number of aromatic nitrogens is 1. The lowest BCUT2D eigenvalue weighted by Crippen LogP contribution is -1.93. The van der Waals surface area contributed by atoms with Gasteiger partial charge in [0.05, 0.1) is 11.0 Å². The van der Waals surface area contributed by atoms with E-state index in [1.807, 2.05) is 52.0 Å². The van der Waals surface area contributed by atoms with E-state index in [1.54, 1.807) is 0 Å². The van der Waals surface area contributed by atoms with Crippen LogP contribution >= 0.6 is 0 Å². The summed E-state index contributed by atoms with van der Waals surface area (Å²) in [7, 11) is 0. The van der Waals surface area contributed by atoms with Gasteiger partial charge in [0.25, 0.3) is 0 Å². The highest BCUT2D eigenvalue weighted by molar-refractivity contribution is 6.14. The monoisotopic (exact) mass is 759 g/mol. The van der Waals surface area contributed by atoms with Gasteiger partial charge in [-0.1, -0.05) is 172 Å². The van der Waals surface area contributed by atoms with Gasteiger partial charge < -0.3 is 13.4 Å². The Morgan fingerprint density at radius 2 is 1.09 bits per heavy atom. The fourth-order valence-corrected chi connectivity index (χ4v) is 7.65. The molecule has 3 nitrogen and oxygen atoms in total. The first-order valence-electron chi connectivity index (χ1n) is 20.7. The molecule has 0 spiro atoms. The fraction of sp³-hybridized carbons (Fsp3) is 0.164. The molecule has 0 N–H and O–H groups in total. The molecule has 7 aromatic carbocycles. The van der Waals surface area contributed by atoms with E-state index < -0.39 is 0 Å². The summed E-state index contributed by atoms with van der Waals surface area (Å²) in [6, 6.07) is 55.3. The normalized spacial score (nSPS) is 11.5. The fourth-order valence-electron chi connectivity index (χ4n) is 7.65. The number of fused-ring (bicyclic) bond motifs is 9. The molecule has 0 fully saturated rings. The molecule has 0 amide bonds. The van der Waals surface area contributed by atoms with Crippen LogP contribution in [0.5, 0.6) is 0 Å². The van der Waals surface area contributed by atoms with Gasteiger partial charge in [-0.15, -0.1) is 0 Å². The zero-order valence-corrected chi connectivity index (χ0v) is 34.8. The van der Waals surface area contributed by atoms with E-state index in [1.165, 1.54) is 77.0 Å². The second-order valence-corrected chi connectivity index (χ2v) is 14.2. The first-order valence-corrected chi connectivity index (χ1v) is 20.7. The Hall–Kier alpha value is -6.58. The SMILES string of the molecule is CC.CC.Cc1ccc(-c2ccccc2)cc1.Cc1ccc(-n2c3ccccc3c3cc4oc5c(c4cc32)C=CCC5)cc1.Cc1cccc2c1oc1ccccc12. The Labute approximate surface area is 342 Å². The maximum atomic E-state index is 6.22. The zero-order chi connectivity index (χ0) is 40.6. The van der Waals surface area contributed by atoms with Crippen molar-refractivity contribution in [3.05, 3.63) is 192 Å². The summed E-state index contributed by atoms with van der Waals surface area (Å²) in [5.41, 5.74) is 14.2. The van der Waals surface area contributed by atoms with Crippen molar-refractivity contribution < 1.29 is 8.83 Å². The Morgan fingerprint density at radius 1 is 0.466 bits per heavy atom. The minimum atomic E-state index is 0.969. The lowest BCUT2D eigenvalue weighted by molar-refractivity contribution is 0.546. The number of nitrogens with zero attached hydrogens (tertiary/aromatic N) is 1. The third kappa shape index (κ3) is 7.99. The molecule has 1 aliphatic carbocycles. The third-order valence-corrected chi connectivity index (χ3v) is 10.5. The lowest BCUT2D eigenvalue weighted by atomic mass is 10.0. The smallest absolute Gasteiger partial charge is 0.138 e. The van der Waals surface area contributed by atoms with Gasteiger partial charge in [-0.25, -0.2) is 0 Å². The van der Waals surface area contributed by atoms with Gasteiger partial charge in [0.15, 0.2) is 0 Å². The van der Waals surface area contributed by atoms with E-state index >= 15 is 0 Å². The van der Waals surface area contributed by atoms with Crippen molar-refractivity contribution in [2.45, 2.75) is 61.3 Å². The number of furan rings is 2. The molecule has 1 aliphatic rings. The average molecular weight is 760 g/mol. The number of allylic oxidation sites excluding steroid dienone is 1. The van der Waals surface area contributed by atoms with Crippen LogP contribution < -0.4 is 0 Å². The standard InChI is InChI=1S/C25H19NO.C13H10O.C13H12.2C2H6/c1-16-10-12-17(13-11-16)26-22-8-4-2-6-18(22)20-15-25-21(14-23(20)26)19-7-3-5-9-24(19)27-25;1-9-5-4-7-11-10-6-2-3-8-12(10)14-13(9)11;1-11-7-9-13(10-8-11)12-5-3-2-4-6-12;2*1-2/h2-4,6-8,10-15H,5,9H2,1H3;2-8H,1H3;2-10H,1H3;2*1-2H3. The Morgan fingerprint density at radius 3 is 1.83 bits per heavy atom. The number of aryl methyl sites for hydroxylation is 4. The maximum absolute atomic E-state index is 6.22. The van der Waals surface area contributed by atoms with Crippen molar-refractivity contribution >= 4 is 60.8 Å². The van der Waals surface area contributed by atoms with Crippen LogP contribution in [-0.4, -0.2) is 4.57 Å². The topological polar surface area (TPSA) is 31.2 Å². The largest absolute Gasteiger partial charge is 0.460 e. The first kappa shape index (κ1) is 39.6. The molecule has 0 unspecified atom stereocenters. The number of para-hydroxylation sites is 3. The van der Waals surface area contributed by atoms with Crippen LogP contribution in [0.25, 0.3) is 77.6 Å². The molecular weight excluding hydrogens is 707 g/mol. The Balaban J connectivity index is 0.000000139. The van der Waals surface area contributed by atoms with Crippen LogP contribution in [0.15, 0.2) is 173 Å². The van der Waals surface area contributed by atoms with E-state index in [9.17, 15) is 0 Å². The summed E-state index contributed by atoms with van der Waals surface area (Å²) in [5.74, 6) is 1.12. The van der Waals surface area contributed by atoms with Gasteiger partial charge >= 0.3 is 0 Å². The van der Waals surface area contributed by atoms with Crippen molar-refractivity contribution in [3.63, 3.8) is 0 Å². The maximum Gasteiger partial charge on any atom is 0.138 e. The highest BCUT2D eigenvalue weighted by atomic mass is 16.3. The predicted molar refractivity (Wildman–Crippen MR) is 250 cm³/mol. The van der Waals surface area contributed by atoms with Gasteiger partial charge in [0.2, 0.25) is 0 Å². The molecule has 0 bridgehead atoms. The highest BCUT2D eigenvalue weighted by Crippen LogP contribution is 2.39. The Bertz CT molecular complexity index is 2940. The van der Waals surface area contributed by atoms with E-state index in [-0.39, 0.29) is 0 Å². The van der Waals surface area contributed by atoms with Crippen LogP contribution in [0.1, 0.15) is 62.1 Å². The number of rotatable bonds is 2. The molecule has 3 heterocycles. The summed E-state index contributed by atoms with van der Waals surface area (Å²) < 4.78 is 14.4. The molecule has 0 saturated heterocycles. The van der Waals surface area contributed by atoms with Crippen molar-refractivity contribution in [3.8, 4) is 16.8 Å². The van der Waals surface area contributed by atoms with Gasteiger partial charge in [-0.2, -0.15) is 0 Å². The summed E-state index contributed by atoms with van der Waals surface area (Å²) in [6.07, 6.45) is 6.51. The highest BCUT2D eigenvalue weighted by Gasteiger charge is 2.19. The van der Waals surface area contributed by atoms with E-state index in [0.717, 1.165) is 35.4 Å². The lowest BCUT2D eigenvalue weighted by Gasteiger charge is -2.08. The summed E-state index contributed by atoms with van der Waals surface area (Å²) in [4.78, 5) is 0. The van der Waals surface area contributed by atoms with Gasteiger partial charge in [-0.05, 0) is 80.3 Å². The molecular formula is C55H53NO2. The molecule has 0 radical (unpaired) electrons. The molecule has 0 saturated carbocycles. The predicted octanol–water partition coefficient (Wildman–Crippen LogP) is 16.4. The number of hydrogen-bond acceptors (Lipinski definition) is 2. The van der Waals surface area contributed by atoms with Crippen molar-refractivity contribution in [2.75, 3.05) is 0 Å². The second kappa shape index (κ2) is 18.1.